The molecule has 0 unspecified atom stereocenters. The fourth-order valence-corrected chi connectivity index (χ4v) is 4.31. The van der Waals surface area contributed by atoms with Gasteiger partial charge in [-0.15, -0.1) is 0 Å². The van der Waals surface area contributed by atoms with E-state index in [1.165, 1.54) is 12.1 Å². The van der Waals surface area contributed by atoms with Gasteiger partial charge in [-0.1, -0.05) is 69.3 Å². The second-order valence-electron chi connectivity index (χ2n) is 9.60. The number of para-hydroxylation sites is 1. The van der Waals surface area contributed by atoms with Crippen LogP contribution in [0.4, 0.5) is 0 Å². The molecule has 166 valence electrons. The summed E-state index contributed by atoms with van der Waals surface area (Å²) in [5, 5.41) is 1.91. The Bertz CT molecular complexity index is 1770. The molecule has 3 aromatic carbocycles. The zero-order chi connectivity index (χ0) is 29.4. The normalized spacial score (nSPS) is 16.0. The molecule has 0 saturated heterocycles. The van der Waals surface area contributed by atoms with Gasteiger partial charge in [-0.3, -0.25) is 0 Å². The van der Waals surface area contributed by atoms with Crippen molar-refractivity contribution in [2.75, 3.05) is 0 Å². The molecule has 33 heavy (non-hydrogen) atoms. The first-order chi connectivity index (χ1) is 18.5. The average molecular weight is 442 g/mol. The Morgan fingerprint density at radius 3 is 2.45 bits per heavy atom. The lowest BCUT2D eigenvalue weighted by Crippen LogP contribution is -2.35. The van der Waals surface area contributed by atoms with Gasteiger partial charge in [-0.05, 0) is 54.4 Å². The molecule has 0 aliphatic heterocycles. The molecule has 0 saturated carbocycles. The van der Waals surface area contributed by atoms with E-state index in [2.05, 4.69) is 0 Å². The summed E-state index contributed by atoms with van der Waals surface area (Å²) in [7, 11) is 0. The Balaban J connectivity index is 1.82. The quantitative estimate of drug-likeness (QED) is 0.259. The van der Waals surface area contributed by atoms with E-state index < -0.39 is 18.6 Å². The zero-order valence-corrected chi connectivity index (χ0v) is 19.6. The first-order valence-electron chi connectivity index (χ1n) is 14.6. The number of nitrogens with zero attached hydrogens (tertiary/aromatic N) is 1. The third-order valence-electron chi connectivity index (χ3n) is 5.78. The number of hydrogen-bond acceptors (Lipinski definition) is 1. The Morgan fingerprint density at radius 1 is 0.970 bits per heavy atom. The van der Waals surface area contributed by atoms with Crippen molar-refractivity contribution < 1.29 is 18.6 Å². The van der Waals surface area contributed by atoms with Crippen molar-refractivity contribution in [3.8, 4) is 16.8 Å². The average Bonchev–Trinajstić information content (AvgIpc) is 3.21. The Morgan fingerprint density at radius 2 is 1.73 bits per heavy atom. The second kappa shape index (κ2) is 7.88. The molecular formula is C31H32NO+. The molecule has 2 heteroatoms. The van der Waals surface area contributed by atoms with Crippen molar-refractivity contribution in [1.29, 1.82) is 0 Å². The molecule has 0 aliphatic carbocycles. The van der Waals surface area contributed by atoms with Crippen LogP contribution in [0.15, 0.2) is 77.3 Å². The van der Waals surface area contributed by atoms with Crippen LogP contribution in [-0.2, 0) is 6.37 Å². The van der Waals surface area contributed by atoms with Crippen LogP contribution in [0.5, 0.6) is 0 Å². The lowest BCUT2D eigenvalue weighted by Gasteiger charge is -2.18. The summed E-state index contributed by atoms with van der Waals surface area (Å²) in [5.41, 5.74) is 3.58. The highest BCUT2D eigenvalue weighted by molar-refractivity contribution is 6.07. The monoisotopic (exact) mass is 441 g/mol. The van der Waals surface area contributed by atoms with Gasteiger partial charge in [0.05, 0.1) is 2.74 Å². The van der Waals surface area contributed by atoms with E-state index in [1.54, 1.807) is 33.0 Å². The lowest BCUT2D eigenvalue weighted by atomic mass is 9.87. The summed E-state index contributed by atoms with van der Waals surface area (Å²) in [6, 6.07) is 16.0. The highest BCUT2D eigenvalue weighted by atomic mass is 16.3. The highest BCUT2D eigenvalue weighted by Crippen LogP contribution is 2.33. The van der Waals surface area contributed by atoms with E-state index >= 15 is 0 Å². The molecule has 5 aromatic rings. The number of aromatic nitrogens is 1. The number of benzene rings is 3. The number of fused-ring (bicyclic) bond motifs is 3. The van der Waals surface area contributed by atoms with E-state index in [1.807, 2.05) is 54.8 Å². The molecule has 0 amide bonds. The summed E-state index contributed by atoms with van der Waals surface area (Å²) in [5.74, 6) is 0. The van der Waals surface area contributed by atoms with Crippen LogP contribution < -0.4 is 4.57 Å². The third kappa shape index (κ3) is 3.95. The lowest BCUT2D eigenvalue weighted by molar-refractivity contribution is -0.601. The molecule has 0 N–H and O–H groups in total. The van der Waals surface area contributed by atoms with Gasteiger partial charge in [0.25, 0.3) is 5.69 Å². The maximum Gasteiger partial charge on any atom is 0.257 e. The molecular weight excluding hydrogens is 402 g/mol. The number of aryl methyl sites for hydroxylation is 3. The SMILES string of the molecule is [2H]c1cc(C([2H])([2H])C(C)(C)C)cc([2H])c1-c1c[n+](-c2c(C)ccc3c2oc2ccccc23)c(C)cc1C([2H])([2H])[2H]. The third-order valence-corrected chi connectivity index (χ3v) is 5.78. The number of rotatable bonds is 3. The maximum absolute atomic E-state index is 8.85. The Kier molecular flexibility index (Phi) is 3.51. The van der Waals surface area contributed by atoms with Gasteiger partial charge < -0.3 is 4.42 Å². The molecule has 0 aliphatic rings. The zero-order valence-electron chi connectivity index (χ0n) is 26.6. The molecule has 0 radical (unpaired) electrons. The first kappa shape index (κ1) is 14.7. The maximum atomic E-state index is 8.85. The second-order valence-corrected chi connectivity index (χ2v) is 9.60. The van der Waals surface area contributed by atoms with Crippen molar-refractivity contribution in [2.45, 2.75) is 47.8 Å². The van der Waals surface area contributed by atoms with Gasteiger partial charge >= 0.3 is 0 Å². The molecule has 2 nitrogen and oxygen atoms in total. The number of hydrogen-bond donors (Lipinski definition) is 0. The van der Waals surface area contributed by atoms with Gasteiger partial charge in [-0.2, -0.15) is 4.57 Å². The van der Waals surface area contributed by atoms with E-state index in [0.29, 0.717) is 11.3 Å². The molecule has 5 rings (SSSR count). The van der Waals surface area contributed by atoms with Crippen LogP contribution in [-0.4, -0.2) is 0 Å². The van der Waals surface area contributed by atoms with Crippen LogP contribution in [0.3, 0.4) is 0 Å². The fraction of sp³-hybridized carbons (Fsp3) is 0.258. The van der Waals surface area contributed by atoms with Crippen molar-refractivity contribution in [3.05, 3.63) is 95.3 Å². The summed E-state index contributed by atoms with van der Waals surface area (Å²) in [4.78, 5) is 0. The summed E-state index contributed by atoms with van der Waals surface area (Å²) < 4.78 is 68.0. The van der Waals surface area contributed by atoms with Crippen LogP contribution in [0.1, 0.15) is 52.8 Å². The predicted octanol–water partition coefficient (Wildman–Crippen LogP) is 8.04. The van der Waals surface area contributed by atoms with E-state index in [0.717, 1.165) is 27.6 Å². The minimum absolute atomic E-state index is 0.0317. The van der Waals surface area contributed by atoms with Gasteiger partial charge in [0.15, 0.2) is 11.9 Å². The highest BCUT2D eigenvalue weighted by Gasteiger charge is 2.24. The smallest absolute Gasteiger partial charge is 0.257 e. The topological polar surface area (TPSA) is 17.0 Å². The summed E-state index contributed by atoms with van der Waals surface area (Å²) in [6.07, 6.45) is -0.124. The number of pyridine rings is 1. The summed E-state index contributed by atoms with van der Waals surface area (Å²) >= 11 is 0. The van der Waals surface area contributed by atoms with E-state index in [9.17, 15) is 0 Å². The number of furan rings is 1. The van der Waals surface area contributed by atoms with Crippen molar-refractivity contribution in [1.82, 2.24) is 0 Å². The van der Waals surface area contributed by atoms with Gasteiger partial charge in [0.1, 0.15) is 5.58 Å². The van der Waals surface area contributed by atoms with Crippen LogP contribution >= 0.6 is 0 Å². The minimum atomic E-state index is -2.50. The van der Waals surface area contributed by atoms with E-state index in [4.69, 9.17) is 14.0 Å². The van der Waals surface area contributed by atoms with Crippen LogP contribution in [0, 0.1) is 26.1 Å². The molecule has 0 spiro atoms. The minimum Gasteiger partial charge on any atom is -0.449 e. The standard InChI is InChI=1S/C31H32NO/c1-20-11-16-26-25-9-7-8-10-28(25)33-30(26)29(20)32-19-27(21(2)17-22(32)3)24-14-12-23(13-15-24)18-31(4,5)6/h7-17,19H,18H2,1-6H3/q+1/i2D3,14D,15D,18D2. The van der Waals surface area contributed by atoms with Gasteiger partial charge in [-0.25, -0.2) is 0 Å². The van der Waals surface area contributed by atoms with E-state index in [-0.39, 0.29) is 34.3 Å². The Hall–Kier alpha value is -3.39. The van der Waals surface area contributed by atoms with Crippen LogP contribution in [0.2, 0.25) is 0 Å². The van der Waals surface area contributed by atoms with Gasteiger partial charge in [0.2, 0.25) is 5.58 Å². The largest absolute Gasteiger partial charge is 0.449 e. The fourth-order valence-electron chi connectivity index (χ4n) is 4.31. The summed E-state index contributed by atoms with van der Waals surface area (Å²) in [6.45, 7) is 6.59. The van der Waals surface area contributed by atoms with Crippen LogP contribution in [0.25, 0.3) is 38.8 Å². The first-order valence-corrected chi connectivity index (χ1v) is 11.1. The molecule has 0 fully saturated rings. The van der Waals surface area contributed by atoms with Crippen molar-refractivity contribution in [2.24, 2.45) is 5.41 Å². The molecule has 0 bridgehead atoms. The molecule has 0 atom stereocenters. The predicted molar refractivity (Wildman–Crippen MR) is 138 cm³/mol. The van der Waals surface area contributed by atoms with Crippen molar-refractivity contribution >= 4 is 21.9 Å². The Labute approximate surface area is 206 Å². The van der Waals surface area contributed by atoms with Crippen molar-refractivity contribution in [3.63, 3.8) is 0 Å². The molecule has 2 heterocycles. The van der Waals surface area contributed by atoms with Gasteiger partial charge in [0, 0.05) is 41.7 Å². The molecule has 2 aromatic heterocycles.